The van der Waals surface area contributed by atoms with Crippen LogP contribution in [0.15, 0.2) is 24.3 Å². The van der Waals surface area contributed by atoms with Gasteiger partial charge in [0.1, 0.15) is 11.1 Å². The van der Waals surface area contributed by atoms with Crippen molar-refractivity contribution in [3.8, 4) is 6.07 Å². The zero-order valence-corrected chi connectivity index (χ0v) is 14.6. The molecule has 1 amide bonds. The van der Waals surface area contributed by atoms with Crippen molar-refractivity contribution < 1.29 is 9.72 Å². The summed E-state index contributed by atoms with van der Waals surface area (Å²) in [7, 11) is 0. The smallest absolute Gasteiger partial charge is 0.269 e. The van der Waals surface area contributed by atoms with Crippen LogP contribution in [0.3, 0.4) is 0 Å². The maximum absolute atomic E-state index is 12.3. The van der Waals surface area contributed by atoms with Gasteiger partial charge in [-0.2, -0.15) is 5.26 Å². The summed E-state index contributed by atoms with van der Waals surface area (Å²) in [5, 5.41) is 23.6. The third-order valence-corrected chi connectivity index (χ3v) is 5.56. The highest BCUT2D eigenvalue weighted by Crippen LogP contribution is 2.39. The van der Waals surface area contributed by atoms with Gasteiger partial charge < -0.3 is 5.32 Å². The number of nitro groups is 1. The first-order chi connectivity index (χ1) is 12.0. The Kier molecular flexibility index (Phi) is 4.81. The SMILES string of the molecule is C[C@H]1CCc2c(sc(NC(=O)Cc3ccc([N+](=O)[O-])cc3)c2C#N)C1. The first-order valence-corrected chi connectivity index (χ1v) is 8.87. The van der Waals surface area contributed by atoms with Gasteiger partial charge in [-0.1, -0.05) is 19.1 Å². The Hall–Kier alpha value is -2.72. The molecule has 0 radical (unpaired) electrons. The number of fused-ring (bicyclic) bond motifs is 1. The summed E-state index contributed by atoms with van der Waals surface area (Å²) >= 11 is 1.49. The molecule has 2 aromatic rings. The van der Waals surface area contributed by atoms with Gasteiger partial charge in [0.05, 0.1) is 16.9 Å². The molecule has 0 unspecified atom stereocenters. The largest absolute Gasteiger partial charge is 0.316 e. The van der Waals surface area contributed by atoms with Gasteiger partial charge in [0.25, 0.3) is 5.69 Å². The molecule has 0 saturated carbocycles. The number of amides is 1. The number of rotatable bonds is 4. The van der Waals surface area contributed by atoms with Crippen LogP contribution in [0.25, 0.3) is 0 Å². The minimum atomic E-state index is -0.472. The molecule has 1 atom stereocenters. The number of nitrogens with one attached hydrogen (secondary N) is 1. The molecular weight excluding hydrogens is 338 g/mol. The van der Waals surface area contributed by atoms with Gasteiger partial charge in [0, 0.05) is 17.0 Å². The minimum Gasteiger partial charge on any atom is -0.316 e. The Bertz CT molecular complexity index is 865. The van der Waals surface area contributed by atoms with Gasteiger partial charge >= 0.3 is 0 Å². The molecule has 0 spiro atoms. The molecule has 1 aliphatic rings. The number of nitriles is 1. The zero-order valence-electron chi connectivity index (χ0n) is 13.7. The molecule has 0 bridgehead atoms. The summed E-state index contributed by atoms with van der Waals surface area (Å²) in [5.74, 6) is 0.373. The molecule has 6 nitrogen and oxygen atoms in total. The molecule has 1 heterocycles. The number of hydrogen-bond donors (Lipinski definition) is 1. The van der Waals surface area contributed by atoms with E-state index in [1.54, 1.807) is 12.1 Å². The molecule has 0 fully saturated rings. The monoisotopic (exact) mass is 355 g/mol. The summed E-state index contributed by atoms with van der Waals surface area (Å²) in [6.07, 6.45) is 3.01. The van der Waals surface area contributed by atoms with E-state index in [1.165, 1.54) is 28.3 Å². The number of non-ortho nitro benzene ring substituents is 1. The molecule has 1 aliphatic carbocycles. The van der Waals surface area contributed by atoms with Crippen molar-refractivity contribution in [1.82, 2.24) is 0 Å². The predicted octanol–water partition coefficient (Wildman–Crippen LogP) is 3.83. The van der Waals surface area contributed by atoms with Gasteiger partial charge in [-0.3, -0.25) is 14.9 Å². The Labute approximate surface area is 149 Å². The standard InChI is InChI=1S/C18H17N3O3S/c1-11-2-7-14-15(10-19)18(25-16(14)8-11)20-17(22)9-12-3-5-13(6-4-12)21(23)24/h3-6,11H,2,7-9H2,1H3,(H,20,22)/t11-/m0/s1. The van der Waals surface area contributed by atoms with Gasteiger partial charge in [-0.15, -0.1) is 11.3 Å². The van der Waals surface area contributed by atoms with Crippen molar-refractivity contribution in [1.29, 1.82) is 5.26 Å². The van der Waals surface area contributed by atoms with E-state index in [0.717, 1.165) is 24.8 Å². The summed E-state index contributed by atoms with van der Waals surface area (Å²) in [6.45, 7) is 2.20. The normalized spacial score (nSPS) is 15.9. The lowest BCUT2D eigenvalue weighted by Crippen LogP contribution is -2.14. The number of thiophene rings is 1. The summed E-state index contributed by atoms with van der Waals surface area (Å²) in [5.41, 5.74) is 2.35. The second-order valence-corrected chi connectivity index (χ2v) is 7.42. The molecule has 128 valence electrons. The Morgan fingerprint density at radius 1 is 1.44 bits per heavy atom. The van der Waals surface area contributed by atoms with E-state index in [2.05, 4.69) is 18.3 Å². The highest BCUT2D eigenvalue weighted by Gasteiger charge is 2.24. The molecular formula is C18H17N3O3S. The van der Waals surface area contributed by atoms with Crippen LogP contribution in [-0.2, 0) is 24.1 Å². The van der Waals surface area contributed by atoms with E-state index < -0.39 is 4.92 Å². The van der Waals surface area contributed by atoms with Crippen molar-refractivity contribution in [2.45, 2.75) is 32.6 Å². The Balaban J connectivity index is 1.73. The summed E-state index contributed by atoms with van der Waals surface area (Å²) in [4.78, 5) is 23.7. The van der Waals surface area contributed by atoms with E-state index in [-0.39, 0.29) is 18.0 Å². The second-order valence-electron chi connectivity index (χ2n) is 6.32. The molecule has 1 aromatic carbocycles. The molecule has 3 rings (SSSR count). The van der Waals surface area contributed by atoms with E-state index in [1.807, 2.05) is 0 Å². The van der Waals surface area contributed by atoms with Crippen LogP contribution in [0.4, 0.5) is 10.7 Å². The second kappa shape index (κ2) is 7.03. The van der Waals surface area contributed by atoms with E-state index in [4.69, 9.17) is 0 Å². The average Bonchev–Trinajstić information content (AvgIpc) is 2.90. The number of benzene rings is 1. The van der Waals surface area contributed by atoms with Crippen molar-refractivity contribution >= 4 is 27.9 Å². The zero-order chi connectivity index (χ0) is 18.0. The fourth-order valence-electron chi connectivity index (χ4n) is 3.05. The van der Waals surface area contributed by atoms with Gasteiger partial charge in [0.2, 0.25) is 5.91 Å². The van der Waals surface area contributed by atoms with E-state index in [0.29, 0.717) is 22.0 Å². The maximum Gasteiger partial charge on any atom is 0.269 e. The molecule has 0 aliphatic heterocycles. The fourth-order valence-corrected chi connectivity index (χ4v) is 4.43. The Morgan fingerprint density at radius 3 is 2.80 bits per heavy atom. The number of nitrogens with zero attached hydrogens (tertiary/aromatic N) is 2. The highest BCUT2D eigenvalue weighted by atomic mass is 32.1. The lowest BCUT2D eigenvalue weighted by atomic mass is 9.88. The first-order valence-electron chi connectivity index (χ1n) is 8.05. The number of anilines is 1. The topological polar surface area (TPSA) is 96.0 Å². The van der Waals surface area contributed by atoms with Crippen molar-refractivity contribution in [2.75, 3.05) is 5.32 Å². The molecule has 7 heteroatoms. The van der Waals surface area contributed by atoms with Crippen LogP contribution >= 0.6 is 11.3 Å². The highest BCUT2D eigenvalue weighted by molar-refractivity contribution is 7.16. The fraction of sp³-hybridized carbons (Fsp3) is 0.333. The number of hydrogen-bond acceptors (Lipinski definition) is 5. The van der Waals surface area contributed by atoms with Crippen LogP contribution in [0, 0.1) is 27.4 Å². The quantitative estimate of drug-likeness (QED) is 0.666. The van der Waals surface area contributed by atoms with Crippen LogP contribution in [-0.4, -0.2) is 10.8 Å². The van der Waals surface area contributed by atoms with Crippen molar-refractivity contribution in [2.24, 2.45) is 5.92 Å². The lowest BCUT2D eigenvalue weighted by molar-refractivity contribution is -0.384. The number of nitro benzene ring substituents is 1. The van der Waals surface area contributed by atoms with Crippen molar-refractivity contribution in [3.63, 3.8) is 0 Å². The van der Waals surface area contributed by atoms with Gasteiger partial charge in [0.15, 0.2) is 0 Å². The number of carbonyl (C=O) groups is 1. The molecule has 1 aromatic heterocycles. The van der Waals surface area contributed by atoms with Crippen LogP contribution in [0.1, 0.15) is 34.9 Å². The third-order valence-electron chi connectivity index (χ3n) is 4.39. The van der Waals surface area contributed by atoms with Gasteiger partial charge in [-0.05, 0) is 36.3 Å². The van der Waals surface area contributed by atoms with Crippen LogP contribution in [0.5, 0.6) is 0 Å². The summed E-state index contributed by atoms with van der Waals surface area (Å²) < 4.78 is 0. The lowest BCUT2D eigenvalue weighted by Gasteiger charge is -2.17. The average molecular weight is 355 g/mol. The minimum absolute atomic E-state index is 0.00373. The molecule has 0 saturated heterocycles. The van der Waals surface area contributed by atoms with E-state index in [9.17, 15) is 20.2 Å². The summed E-state index contributed by atoms with van der Waals surface area (Å²) in [6, 6.07) is 8.14. The maximum atomic E-state index is 12.3. The molecule has 1 N–H and O–H groups in total. The van der Waals surface area contributed by atoms with Gasteiger partial charge in [-0.25, -0.2) is 0 Å². The molecule has 25 heavy (non-hydrogen) atoms. The first kappa shape index (κ1) is 17.1. The Morgan fingerprint density at radius 2 is 2.16 bits per heavy atom. The predicted molar refractivity (Wildman–Crippen MR) is 95.7 cm³/mol. The van der Waals surface area contributed by atoms with E-state index >= 15 is 0 Å². The van der Waals surface area contributed by atoms with Crippen LogP contribution < -0.4 is 5.32 Å². The van der Waals surface area contributed by atoms with Crippen molar-refractivity contribution in [3.05, 3.63) is 55.9 Å². The van der Waals surface area contributed by atoms with Crippen LogP contribution in [0.2, 0.25) is 0 Å². The third kappa shape index (κ3) is 3.69. The number of carbonyl (C=O) groups excluding carboxylic acids is 1.